The Balaban J connectivity index is 2.10. The molecule has 1 aromatic carbocycles. The summed E-state index contributed by atoms with van der Waals surface area (Å²) in [4.78, 5) is 20.8. The van der Waals surface area contributed by atoms with Gasteiger partial charge in [0.15, 0.2) is 0 Å². The van der Waals surface area contributed by atoms with Crippen LogP contribution >= 0.6 is 0 Å². The Hall–Kier alpha value is -2.70. The van der Waals surface area contributed by atoms with E-state index < -0.39 is 22.7 Å². The monoisotopic (exact) mass is 333 g/mol. The summed E-state index contributed by atoms with van der Waals surface area (Å²) in [6, 6.07) is 8.58. The molecule has 4 nitrogen and oxygen atoms in total. The zero-order chi connectivity index (χ0) is 17.3. The predicted octanol–water partition coefficient (Wildman–Crippen LogP) is 3.61. The van der Waals surface area contributed by atoms with E-state index in [0.717, 1.165) is 11.8 Å². The van der Waals surface area contributed by atoms with Gasteiger partial charge in [0.25, 0.3) is 5.56 Å². The molecule has 0 N–H and O–H groups in total. The number of benzene rings is 1. The predicted molar refractivity (Wildman–Crippen MR) is 83.7 cm³/mol. The van der Waals surface area contributed by atoms with Crippen molar-refractivity contribution in [3.8, 4) is 0 Å². The molecule has 0 saturated carbocycles. The van der Waals surface area contributed by atoms with Crippen LogP contribution < -0.4 is 5.56 Å². The van der Waals surface area contributed by atoms with E-state index in [2.05, 4.69) is 9.97 Å². The number of hydrogen-bond acceptors (Lipinski definition) is 3. The second-order valence-electron chi connectivity index (χ2n) is 5.53. The minimum absolute atomic E-state index is 0.0381. The molecule has 0 aliphatic heterocycles. The molecule has 0 unspecified atom stereocenters. The molecule has 0 aliphatic carbocycles. The summed E-state index contributed by atoms with van der Waals surface area (Å²) in [5.74, 6) is 0. The van der Waals surface area contributed by atoms with Gasteiger partial charge in [0, 0.05) is 24.4 Å². The molecule has 7 heteroatoms. The highest BCUT2D eigenvalue weighted by Gasteiger charge is 2.34. The van der Waals surface area contributed by atoms with Crippen molar-refractivity contribution in [2.24, 2.45) is 0 Å². The number of halogens is 3. The third-order valence-corrected chi connectivity index (χ3v) is 3.82. The summed E-state index contributed by atoms with van der Waals surface area (Å²) in [6.45, 7) is 1.75. The lowest BCUT2D eigenvalue weighted by atomic mass is 10.1. The zero-order valence-electron chi connectivity index (χ0n) is 12.8. The highest BCUT2D eigenvalue weighted by molar-refractivity contribution is 5.81. The Bertz CT molecular complexity index is 920. The molecule has 0 saturated heterocycles. The largest absolute Gasteiger partial charge is 0.417 e. The van der Waals surface area contributed by atoms with E-state index in [1.807, 2.05) is 6.07 Å². The van der Waals surface area contributed by atoms with Crippen LogP contribution in [0.2, 0.25) is 0 Å². The molecule has 0 bridgehead atoms. The lowest BCUT2D eigenvalue weighted by Gasteiger charge is -2.16. The minimum atomic E-state index is -4.61. The maximum absolute atomic E-state index is 13.2. The van der Waals surface area contributed by atoms with Crippen molar-refractivity contribution < 1.29 is 13.2 Å². The molecule has 24 heavy (non-hydrogen) atoms. The Labute approximate surface area is 135 Å². The molecule has 3 rings (SSSR count). The first-order valence-corrected chi connectivity index (χ1v) is 7.35. The normalized spacial score (nSPS) is 13.2. The van der Waals surface area contributed by atoms with E-state index >= 15 is 0 Å². The topological polar surface area (TPSA) is 47.8 Å². The van der Waals surface area contributed by atoms with Crippen molar-refractivity contribution in [1.82, 2.24) is 14.5 Å². The molecule has 0 aliphatic rings. The first-order chi connectivity index (χ1) is 11.4. The van der Waals surface area contributed by atoms with Gasteiger partial charge in [-0.1, -0.05) is 12.1 Å². The number of rotatable bonds is 3. The fourth-order valence-electron chi connectivity index (χ4n) is 2.65. The molecule has 0 amide bonds. The Morgan fingerprint density at radius 2 is 1.92 bits per heavy atom. The lowest BCUT2D eigenvalue weighted by molar-refractivity contribution is -0.136. The second kappa shape index (κ2) is 6.07. The van der Waals surface area contributed by atoms with Gasteiger partial charge in [0.2, 0.25) is 0 Å². The first kappa shape index (κ1) is 16.2. The SMILES string of the molecule is C[C@@H](Cc1ccccn1)n1cnc2cccc(C(F)(F)F)c2c1=O. The molecule has 2 aromatic heterocycles. The molecule has 124 valence electrons. The van der Waals surface area contributed by atoms with Gasteiger partial charge in [0.05, 0.1) is 22.8 Å². The highest BCUT2D eigenvalue weighted by atomic mass is 19.4. The number of fused-ring (bicyclic) bond motifs is 1. The number of alkyl halides is 3. The van der Waals surface area contributed by atoms with Gasteiger partial charge >= 0.3 is 6.18 Å². The zero-order valence-corrected chi connectivity index (χ0v) is 12.8. The maximum atomic E-state index is 13.2. The number of aromatic nitrogens is 3. The number of hydrogen-bond donors (Lipinski definition) is 0. The fourth-order valence-corrected chi connectivity index (χ4v) is 2.65. The van der Waals surface area contributed by atoms with Crippen molar-refractivity contribution in [3.05, 3.63) is 70.5 Å². The average molecular weight is 333 g/mol. The van der Waals surface area contributed by atoms with Gasteiger partial charge < -0.3 is 0 Å². The molecule has 0 spiro atoms. The Morgan fingerprint density at radius 3 is 2.58 bits per heavy atom. The number of pyridine rings is 1. The van der Waals surface area contributed by atoms with Crippen LogP contribution in [0.1, 0.15) is 24.2 Å². The molecule has 2 heterocycles. The molecule has 0 radical (unpaired) electrons. The van der Waals surface area contributed by atoms with E-state index in [0.29, 0.717) is 6.42 Å². The highest BCUT2D eigenvalue weighted by Crippen LogP contribution is 2.32. The van der Waals surface area contributed by atoms with Gasteiger partial charge in [-0.3, -0.25) is 14.3 Å². The van der Waals surface area contributed by atoms with E-state index in [1.165, 1.54) is 23.0 Å². The summed E-state index contributed by atoms with van der Waals surface area (Å²) in [5, 5.41) is -0.402. The minimum Gasteiger partial charge on any atom is -0.295 e. The second-order valence-corrected chi connectivity index (χ2v) is 5.53. The third kappa shape index (κ3) is 3.02. The molecule has 1 atom stereocenters. The molecular formula is C17H14F3N3O. The van der Waals surface area contributed by atoms with E-state index in [9.17, 15) is 18.0 Å². The van der Waals surface area contributed by atoms with Crippen LogP contribution in [0.25, 0.3) is 10.9 Å². The van der Waals surface area contributed by atoms with Crippen LogP contribution in [-0.4, -0.2) is 14.5 Å². The van der Waals surface area contributed by atoms with Crippen molar-refractivity contribution in [2.45, 2.75) is 25.6 Å². The van der Waals surface area contributed by atoms with Gasteiger partial charge in [-0.2, -0.15) is 13.2 Å². The van der Waals surface area contributed by atoms with Crippen molar-refractivity contribution in [3.63, 3.8) is 0 Å². The van der Waals surface area contributed by atoms with Crippen LogP contribution in [0.4, 0.5) is 13.2 Å². The first-order valence-electron chi connectivity index (χ1n) is 7.35. The maximum Gasteiger partial charge on any atom is 0.417 e. The van der Waals surface area contributed by atoms with Crippen LogP contribution in [0.3, 0.4) is 0 Å². The van der Waals surface area contributed by atoms with Gasteiger partial charge in [-0.05, 0) is 31.2 Å². The van der Waals surface area contributed by atoms with Gasteiger partial charge in [-0.25, -0.2) is 4.98 Å². The quantitative estimate of drug-likeness (QED) is 0.735. The van der Waals surface area contributed by atoms with Crippen LogP contribution in [0.5, 0.6) is 0 Å². The molecule has 3 aromatic rings. The lowest BCUT2D eigenvalue weighted by Crippen LogP contribution is -2.27. The smallest absolute Gasteiger partial charge is 0.295 e. The van der Waals surface area contributed by atoms with Crippen molar-refractivity contribution in [2.75, 3.05) is 0 Å². The van der Waals surface area contributed by atoms with Gasteiger partial charge in [-0.15, -0.1) is 0 Å². The summed E-state index contributed by atoms with van der Waals surface area (Å²) < 4.78 is 40.8. The Kier molecular flexibility index (Phi) is 4.09. The third-order valence-electron chi connectivity index (χ3n) is 3.82. The molecular weight excluding hydrogens is 319 g/mol. The van der Waals surface area contributed by atoms with Gasteiger partial charge in [0.1, 0.15) is 0 Å². The van der Waals surface area contributed by atoms with E-state index in [1.54, 1.807) is 25.3 Å². The summed E-state index contributed by atoms with van der Waals surface area (Å²) in [5.41, 5.74) is -0.870. The van der Waals surface area contributed by atoms with Crippen molar-refractivity contribution >= 4 is 10.9 Å². The molecule has 0 fully saturated rings. The fraction of sp³-hybridized carbons (Fsp3) is 0.235. The standard InChI is InChI=1S/C17H14F3N3O/c1-11(9-12-5-2-3-8-21-12)23-10-22-14-7-4-6-13(17(18,19)20)15(14)16(23)24/h2-8,10-11H,9H2,1H3/t11-/m0/s1. The van der Waals surface area contributed by atoms with E-state index in [4.69, 9.17) is 0 Å². The van der Waals surface area contributed by atoms with Crippen LogP contribution in [0, 0.1) is 0 Å². The van der Waals surface area contributed by atoms with E-state index in [-0.39, 0.29) is 11.6 Å². The van der Waals surface area contributed by atoms with Crippen molar-refractivity contribution in [1.29, 1.82) is 0 Å². The summed E-state index contributed by atoms with van der Waals surface area (Å²) >= 11 is 0. The average Bonchev–Trinajstić information content (AvgIpc) is 2.54. The summed E-state index contributed by atoms with van der Waals surface area (Å²) in [7, 11) is 0. The van der Waals surface area contributed by atoms with Crippen LogP contribution in [-0.2, 0) is 12.6 Å². The Morgan fingerprint density at radius 1 is 1.12 bits per heavy atom. The van der Waals surface area contributed by atoms with Crippen LogP contribution in [0.15, 0.2) is 53.7 Å². The summed E-state index contributed by atoms with van der Waals surface area (Å²) in [6.07, 6.45) is -1.27. The number of nitrogens with zero attached hydrogens (tertiary/aromatic N) is 3.